The smallest absolute Gasteiger partial charge is 0.224 e. The van der Waals surface area contributed by atoms with Gasteiger partial charge in [0.15, 0.2) is 0 Å². The highest BCUT2D eigenvalue weighted by Gasteiger charge is 2.10. The fraction of sp³-hybridized carbons (Fsp3) is 0.250. The first-order chi connectivity index (χ1) is 12.6. The minimum absolute atomic E-state index is 0.0502. The minimum atomic E-state index is -0.0502. The Kier molecular flexibility index (Phi) is 5.63. The fourth-order valence-corrected chi connectivity index (χ4v) is 2.56. The number of amides is 1. The third-order valence-corrected chi connectivity index (χ3v) is 3.75. The summed E-state index contributed by atoms with van der Waals surface area (Å²) in [6.07, 6.45) is 7.29. The number of aromatic nitrogens is 3. The number of pyridine rings is 1. The predicted octanol–water partition coefficient (Wildman–Crippen LogP) is 2.91. The molecule has 0 unspecified atom stereocenters. The maximum atomic E-state index is 12.3. The molecule has 1 N–H and O–H groups in total. The van der Waals surface area contributed by atoms with Gasteiger partial charge in [0.1, 0.15) is 17.9 Å². The number of hydrogen-bond acceptors (Lipinski definition) is 4. The molecule has 2 aromatic heterocycles. The lowest BCUT2D eigenvalue weighted by atomic mass is 10.1. The molecule has 26 heavy (non-hydrogen) atoms. The maximum absolute atomic E-state index is 12.3. The third-order valence-electron chi connectivity index (χ3n) is 3.75. The Morgan fingerprint density at radius 1 is 1.23 bits per heavy atom. The van der Waals surface area contributed by atoms with Crippen LogP contribution in [-0.4, -0.2) is 26.5 Å². The lowest BCUT2D eigenvalue weighted by Gasteiger charge is -2.14. The van der Waals surface area contributed by atoms with Crippen molar-refractivity contribution in [3.63, 3.8) is 0 Å². The molecule has 2 heterocycles. The molecular formula is C20H22N4O2. The van der Waals surface area contributed by atoms with Crippen LogP contribution in [0.5, 0.6) is 5.75 Å². The molecule has 3 aromatic rings. The van der Waals surface area contributed by atoms with Gasteiger partial charge in [0.2, 0.25) is 5.91 Å². The molecule has 0 fully saturated rings. The van der Waals surface area contributed by atoms with Crippen LogP contribution in [0.1, 0.15) is 25.0 Å². The molecule has 0 spiro atoms. The van der Waals surface area contributed by atoms with Gasteiger partial charge in [-0.05, 0) is 37.6 Å². The van der Waals surface area contributed by atoms with Gasteiger partial charge in [-0.15, -0.1) is 0 Å². The van der Waals surface area contributed by atoms with Crippen LogP contribution in [-0.2, 0) is 17.8 Å². The molecule has 1 amide bonds. The molecule has 0 aliphatic heterocycles. The van der Waals surface area contributed by atoms with Gasteiger partial charge in [-0.25, -0.2) is 9.97 Å². The summed E-state index contributed by atoms with van der Waals surface area (Å²) < 4.78 is 7.59. The van der Waals surface area contributed by atoms with E-state index in [1.54, 1.807) is 18.7 Å². The van der Waals surface area contributed by atoms with Crippen molar-refractivity contribution in [3.05, 3.63) is 72.4 Å². The van der Waals surface area contributed by atoms with Crippen molar-refractivity contribution in [2.24, 2.45) is 0 Å². The van der Waals surface area contributed by atoms with Crippen molar-refractivity contribution in [2.45, 2.75) is 32.9 Å². The molecule has 6 nitrogen and oxygen atoms in total. The predicted molar refractivity (Wildman–Crippen MR) is 99.1 cm³/mol. The third kappa shape index (κ3) is 4.69. The van der Waals surface area contributed by atoms with Crippen LogP contribution in [0.3, 0.4) is 0 Å². The van der Waals surface area contributed by atoms with E-state index in [1.807, 2.05) is 61.0 Å². The zero-order valence-corrected chi connectivity index (χ0v) is 14.9. The molecule has 0 saturated carbocycles. The first-order valence-corrected chi connectivity index (χ1v) is 8.56. The van der Waals surface area contributed by atoms with Crippen LogP contribution in [0.4, 0.5) is 0 Å². The Labute approximate surface area is 152 Å². The summed E-state index contributed by atoms with van der Waals surface area (Å²) in [6.45, 7) is 4.38. The highest BCUT2D eigenvalue weighted by Crippen LogP contribution is 2.20. The van der Waals surface area contributed by atoms with E-state index < -0.39 is 0 Å². The minimum Gasteiger partial charge on any atom is -0.491 e. The van der Waals surface area contributed by atoms with E-state index in [1.165, 1.54) is 0 Å². The normalized spacial score (nSPS) is 10.7. The number of ether oxygens (including phenoxy) is 1. The van der Waals surface area contributed by atoms with Crippen molar-refractivity contribution >= 4 is 5.91 Å². The molecule has 134 valence electrons. The van der Waals surface area contributed by atoms with E-state index in [9.17, 15) is 4.79 Å². The summed E-state index contributed by atoms with van der Waals surface area (Å²) in [5.41, 5.74) is 1.86. The summed E-state index contributed by atoms with van der Waals surface area (Å²) in [6, 6.07) is 11.4. The average molecular weight is 350 g/mol. The Hall–Kier alpha value is -3.15. The van der Waals surface area contributed by atoms with Gasteiger partial charge in [0.05, 0.1) is 12.5 Å². The molecule has 3 rings (SSSR count). The van der Waals surface area contributed by atoms with Crippen LogP contribution in [0.15, 0.2) is 61.3 Å². The van der Waals surface area contributed by atoms with Crippen molar-refractivity contribution in [1.29, 1.82) is 0 Å². The second-order valence-electron chi connectivity index (χ2n) is 6.22. The van der Waals surface area contributed by atoms with Crippen molar-refractivity contribution in [2.75, 3.05) is 0 Å². The van der Waals surface area contributed by atoms with Crippen molar-refractivity contribution in [1.82, 2.24) is 19.9 Å². The number of hydrogen-bond donors (Lipinski definition) is 1. The zero-order valence-electron chi connectivity index (χ0n) is 14.9. The van der Waals surface area contributed by atoms with Gasteiger partial charge in [0.25, 0.3) is 0 Å². The topological polar surface area (TPSA) is 69.0 Å². The molecule has 0 radical (unpaired) electrons. The number of nitrogens with one attached hydrogen (secondary N) is 1. The molecule has 0 atom stereocenters. The summed E-state index contributed by atoms with van der Waals surface area (Å²) in [5, 5.41) is 2.95. The summed E-state index contributed by atoms with van der Waals surface area (Å²) in [7, 11) is 0. The van der Waals surface area contributed by atoms with Gasteiger partial charge in [0, 0.05) is 30.7 Å². The maximum Gasteiger partial charge on any atom is 0.224 e. The Morgan fingerprint density at radius 2 is 2.08 bits per heavy atom. The van der Waals surface area contributed by atoms with Crippen LogP contribution < -0.4 is 10.1 Å². The lowest BCUT2D eigenvalue weighted by molar-refractivity contribution is -0.120. The monoisotopic (exact) mass is 350 g/mol. The summed E-state index contributed by atoms with van der Waals surface area (Å²) in [4.78, 5) is 20.7. The van der Waals surface area contributed by atoms with Crippen molar-refractivity contribution in [3.8, 4) is 11.6 Å². The Balaban J connectivity index is 1.61. The first-order valence-electron chi connectivity index (χ1n) is 8.56. The summed E-state index contributed by atoms with van der Waals surface area (Å²) in [5.74, 6) is 1.47. The quantitative estimate of drug-likeness (QED) is 0.711. The first kappa shape index (κ1) is 17.7. The number of benzene rings is 1. The number of carbonyl (C=O) groups excluding carboxylic acids is 1. The second kappa shape index (κ2) is 8.29. The molecular weight excluding hydrogens is 328 g/mol. The molecule has 0 aliphatic rings. The zero-order chi connectivity index (χ0) is 18.4. The van der Waals surface area contributed by atoms with E-state index in [0.29, 0.717) is 6.54 Å². The summed E-state index contributed by atoms with van der Waals surface area (Å²) >= 11 is 0. The van der Waals surface area contributed by atoms with E-state index in [-0.39, 0.29) is 18.4 Å². The van der Waals surface area contributed by atoms with Gasteiger partial charge in [-0.3, -0.25) is 9.36 Å². The van der Waals surface area contributed by atoms with E-state index in [2.05, 4.69) is 15.3 Å². The molecule has 6 heteroatoms. The number of imidazole rings is 1. The molecule has 1 aromatic carbocycles. The lowest BCUT2D eigenvalue weighted by Crippen LogP contribution is -2.25. The van der Waals surface area contributed by atoms with Crippen LogP contribution in [0, 0.1) is 0 Å². The molecule has 0 bridgehead atoms. The number of para-hydroxylation sites is 1. The Bertz CT molecular complexity index is 860. The number of carbonyl (C=O) groups is 1. The van der Waals surface area contributed by atoms with E-state index in [0.717, 1.165) is 22.7 Å². The number of nitrogens with zero attached hydrogens (tertiary/aromatic N) is 3. The van der Waals surface area contributed by atoms with Crippen molar-refractivity contribution < 1.29 is 9.53 Å². The highest BCUT2D eigenvalue weighted by molar-refractivity contribution is 5.79. The largest absolute Gasteiger partial charge is 0.491 e. The fourth-order valence-electron chi connectivity index (χ4n) is 2.56. The van der Waals surface area contributed by atoms with E-state index in [4.69, 9.17) is 4.74 Å². The second-order valence-corrected chi connectivity index (χ2v) is 6.22. The standard InChI is InChI=1S/C20H22N4O2/c1-15(2)26-18-6-4-3-5-17(18)12-20(25)23-13-16-7-8-22-19(11-16)24-10-9-21-14-24/h3-11,14-15H,12-13H2,1-2H3,(H,23,25). The SMILES string of the molecule is CC(C)Oc1ccccc1CC(=O)NCc1ccnc(-n2ccnc2)c1. The Morgan fingerprint density at radius 3 is 2.85 bits per heavy atom. The number of rotatable bonds is 7. The van der Waals surface area contributed by atoms with Crippen LogP contribution >= 0.6 is 0 Å². The van der Waals surface area contributed by atoms with Gasteiger partial charge in [-0.2, -0.15) is 0 Å². The average Bonchev–Trinajstić information content (AvgIpc) is 3.16. The molecule has 0 aliphatic carbocycles. The molecule has 0 saturated heterocycles. The van der Waals surface area contributed by atoms with Crippen LogP contribution in [0.25, 0.3) is 5.82 Å². The van der Waals surface area contributed by atoms with Gasteiger partial charge >= 0.3 is 0 Å². The van der Waals surface area contributed by atoms with E-state index >= 15 is 0 Å². The van der Waals surface area contributed by atoms with Gasteiger partial charge in [-0.1, -0.05) is 18.2 Å². The highest BCUT2D eigenvalue weighted by atomic mass is 16.5. The van der Waals surface area contributed by atoms with Crippen LogP contribution in [0.2, 0.25) is 0 Å². The van der Waals surface area contributed by atoms with Gasteiger partial charge < -0.3 is 10.1 Å².